The number of benzene rings is 1. The molecule has 0 unspecified atom stereocenters. The van der Waals surface area contributed by atoms with Crippen molar-refractivity contribution in [3.05, 3.63) is 71.8 Å². The minimum absolute atomic E-state index is 0.0636. The van der Waals surface area contributed by atoms with Gasteiger partial charge in [-0.3, -0.25) is 9.78 Å². The fourth-order valence-electron chi connectivity index (χ4n) is 2.74. The molecule has 6 heteroatoms. The highest BCUT2D eigenvalue weighted by Crippen LogP contribution is 2.13. The van der Waals surface area contributed by atoms with Crippen LogP contribution in [0, 0.1) is 13.8 Å². The number of amides is 1. The molecule has 134 valence electrons. The van der Waals surface area contributed by atoms with Gasteiger partial charge in [-0.25, -0.2) is 4.68 Å². The Morgan fingerprint density at radius 2 is 1.92 bits per heavy atom. The van der Waals surface area contributed by atoms with Gasteiger partial charge >= 0.3 is 0 Å². The van der Waals surface area contributed by atoms with Crippen molar-refractivity contribution in [1.29, 1.82) is 0 Å². The van der Waals surface area contributed by atoms with E-state index in [1.54, 1.807) is 12.4 Å². The lowest BCUT2D eigenvalue weighted by molar-refractivity contribution is 0.0953. The van der Waals surface area contributed by atoms with Crippen molar-refractivity contribution in [3.63, 3.8) is 0 Å². The van der Waals surface area contributed by atoms with Crippen LogP contribution in [-0.4, -0.2) is 33.8 Å². The van der Waals surface area contributed by atoms with Crippen LogP contribution in [0.5, 0.6) is 0 Å². The van der Waals surface area contributed by atoms with Crippen molar-refractivity contribution in [2.45, 2.75) is 20.3 Å². The van der Waals surface area contributed by atoms with Gasteiger partial charge in [0, 0.05) is 36.7 Å². The van der Waals surface area contributed by atoms with Crippen LogP contribution in [0.25, 0.3) is 5.69 Å². The van der Waals surface area contributed by atoms with E-state index < -0.39 is 0 Å². The van der Waals surface area contributed by atoms with Crippen molar-refractivity contribution < 1.29 is 4.79 Å². The zero-order valence-electron chi connectivity index (χ0n) is 15.1. The van der Waals surface area contributed by atoms with E-state index in [-0.39, 0.29) is 5.91 Å². The lowest BCUT2D eigenvalue weighted by Gasteiger charge is -2.08. The zero-order chi connectivity index (χ0) is 18.4. The van der Waals surface area contributed by atoms with Crippen LogP contribution in [-0.2, 0) is 0 Å². The van der Waals surface area contributed by atoms with Crippen LogP contribution in [0.15, 0.2) is 54.9 Å². The van der Waals surface area contributed by atoms with Gasteiger partial charge in [0.15, 0.2) is 0 Å². The summed E-state index contributed by atoms with van der Waals surface area (Å²) in [6, 6.07) is 13.4. The number of hydrogen-bond donors (Lipinski definition) is 2. The first-order valence-electron chi connectivity index (χ1n) is 8.69. The summed E-state index contributed by atoms with van der Waals surface area (Å²) in [4.78, 5) is 16.3. The van der Waals surface area contributed by atoms with Crippen LogP contribution in [0.3, 0.4) is 0 Å². The highest BCUT2D eigenvalue weighted by Gasteiger charge is 2.07. The second-order valence-corrected chi connectivity index (χ2v) is 6.16. The van der Waals surface area contributed by atoms with Crippen molar-refractivity contribution >= 4 is 11.6 Å². The molecule has 0 bridgehead atoms. The second-order valence-electron chi connectivity index (χ2n) is 6.16. The second kappa shape index (κ2) is 8.29. The Labute approximate surface area is 153 Å². The smallest absolute Gasteiger partial charge is 0.251 e. The van der Waals surface area contributed by atoms with Gasteiger partial charge in [0.2, 0.25) is 0 Å². The summed E-state index contributed by atoms with van der Waals surface area (Å²) in [6.45, 7) is 5.38. The van der Waals surface area contributed by atoms with E-state index in [9.17, 15) is 4.79 Å². The summed E-state index contributed by atoms with van der Waals surface area (Å²) in [5.74, 6) is -0.0636. The number of hydrogen-bond acceptors (Lipinski definition) is 4. The third-order valence-electron chi connectivity index (χ3n) is 4.01. The standard InChI is InChI=1S/C20H23N5O/c1-15-13-16(2)25(24-15)19-8-6-17(7-9-19)20(26)23-12-4-11-22-18-5-3-10-21-14-18/h3,5-10,13-14,22H,4,11-12H2,1-2H3,(H,23,26). The maximum atomic E-state index is 12.2. The molecule has 3 aromatic rings. The molecule has 3 rings (SSSR count). The monoisotopic (exact) mass is 349 g/mol. The molecule has 0 aliphatic carbocycles. The molecule has 0 spiro atoms. The van der Waals surface area contributed by atoms with E-state index in [4.69, 9.17) is 0 Å². The molecule has 1 amide bonds. The average Bonchev–Trinajstić information content (AvgIpc) is 3.00. The Balaban J connectivity index is 1.47. The molecule has 0 saturated heterocycles. The predicted molar refractivity (Wildman–Crippen MR) is 103 cm³/mol. The van der Waals surface area contributed by atoms with E-state index in [0.29, 0.717) is 12.1 Å². The van der Waals surface area contributed by atoms with Crippen LogP contribution >= 0.6 is 0 Å². The summed E-state index contributed by atoms with van der Waals surface area (Å²) >= 11 is 0. The molecular weight excluding hydrogens is 326 g/mol. The number of anilines is 1. The fourth-order valence-corrected chi connectivity index (χ4v) is 2.74. The Kier molecular flexibility index (Phi) is 5.63. The average molecular weight is 349 g/mol. The summed E-state index contributed by atoms with van der Waals surface area (Å²) < 4.78 is 1.88. The number of carbonyl (C=O) groups is 1. The fraction of sp³-hybridized carbons (Fsp3) is 0.250. The van der Waals surface area contributed by atoms with Crippen molar-refractivity contribution in [1.82, 2.24) is 20.1 Å². The third kappa shape index (κ3) is 4.47. The molecule has 26 heavy (non-hydrogen) atoms. The highest BCUT2D eigenvalue weighted by molar-refractivity contribution is 5.94. The molecule has 0 aliphatic heterocycles. The number of rotatable bonds is 7. The third-order valence-corrected chi connectivity index (χ3v) is 4.01. The van der Waals surface area contributed by atoms with E-state index >= 15 is 0 Å². The Hall–Kier alpha value is -3.15. The number of aryl methyl sites for hydroxylation is 2. The first-order chi connectivity index (χ1) is 12.6. The van der Waals surface area contributed by atoms with E-state index in [2.05, 4.69) is 20.7 Å². The van der Waals surface area contributed by atoms with Gasteiger partial charge in [-0.05, 0) is 62.7 Å². The van der Waals surface area contributed by atoms with Crippen LogP contribution in [0.1, 0.15) is 28.2 Å². The zero-order valence-corrected chi connectivity index (χ0v) is 15.1. The summed E-state index contributed by atoms with van der Waals surface area (Å²) in [5.41, 5.74) is 4.63. The molecule has 0 saturated carbocycles. The Morgan fingerprint density at radius 3 is 2.58 bits per heavy atom. The number of aromatic nitrogens is 3. The van der Waals surface area contributed by atoms with Crippen LogP contribution < -0.4 is 10.6 Å². The minimum atomic E-state index is -0.0636. The van der Waals surface area contributed by atoms with E-state index in [0.717, 1.165) is 35.7 Å². The molecule has 0 atom stereocenters. The molecule has 2 aromatic heterocycles. The Morgan fingerprint density at radius 1 is 1.12 bits per heavy atom. The van der Waals surface area contributed by atoms with Gasteiger partial charge < -0.3 is 10.6 Å². The van der Waals surface area contributed by atoms with Crippen molar-refractivity contribution in [2.75, 3.05) is 18.4 Å². The normalized spacial score (nSPS) is 10.5. The quantitative estimate of drug-likeness (QED) is 0.643. The lowest BCUT2D eigenvalue weighted by atomic mass is 10.2. The maximum Gasteiger partial charge on any atom is 0.251 e. The molecule has 2 heterocycles. The number of nitrogens with one attached hydrogen (secondary N) is 2. The number of nitrogens with zero attached hydrogens (tertiary/aromatic N) is 3. The SMILES string of the molecule is Cc1cc(C)n(-c2ccc(C(=O)NCCCNc3cccnc3)cc2)n1. The molecule has 0 radical (unpaired) electrons. The number of pyridine rings is 1. The minimum Gasteiger partial charge on any atom is -0.384 e. The van der Waals surface area contributed by atoms with Gasteiger partial charge in [-0.2, -0.15) is 5.10 Å². The lowest BCUT2D eigenvalue weighted by Crippen LogP contribution is -2.25. The summed E-state index contributed by atoms with van der Waals surface area (Å²) in [6.07, 6.45) is 4.36. The Bertz CT molecular complexity index is 856. The van der Waals surface area contributed by atoms with Gasteiger partial charge in [0.25, 0.3) is 5.91 Å². The first-order valence-corrected chi connectivity index (χ1v) is 8.69. The molecule has 0 aliphatic rings. The largest absolute Gasteiger partial charge is 0.384 e. The maximum absolute atomic E-state index is 12.2. The highest BCUT2D eigenvalue weighted by atomic mass is 16.1. The van der Waals surface area contributed by atoms with E-state index in [1.807, 2.05) is 61.0 Å². The van der Waals surface area contributed by atoms with Gasteiger partial charge in [0.05, 0.1) is 17.1 Å². The molecular formula is C20H23N5O. The molecule has 2 N–H and O–H groups in total. The van der Waals surface area contributed by atoms with Gasteiger partial charge in [-0.15, -0.1) is 0 Å². The van der Waals surface area contributed by atoms with Gasteiger partial charge in [-0.1, -0.05) is 0 Å². The summed E-state index contributed by atoms with van der Waals surface area (Å²) in [7, 11) is 0. The van der Waals surface area contributed by atoms with Crippen LogP contribution in [0.4, 0.5) is 5.69 Å². The molecule has 1 aromatic carbocycles. The topological polar surface area (TPSA) is 71.8 Å². The number of carbonyl (C=O) groups excluding carboxylic acids is 1. The molecule has 6 nitrogen and oxygen atoms in total. The predicted octanol–water partition coefficient (Wildman–Crippen LogP) is 3.12. The summed E-state index contributed by atoms with van der Waals surface area (Å²) in [5, 5.41) is 10.7. The molecule has 0 fully saturated rings. The van der Waals surface area contributed by atoms with Crippen molar-refractivity contribution in [3.8, 4) is 5.69 Å². The van der Waals surface area contributed by atoms with E-state index in [1.165, 1.54) is 0 Å². The van der Waals surface area contributed by atoms with Crippen molar-refractivity contribution in [2.24, 2.45) is 0 Å². The van der Waals surface area contributed by atoms with Crippen LogP contribution in [0.2, 0.25) is 0 Å². The first kappa shape index (κ1) is 17.7. The van der Waals surface area contributed by atoms with Gasteiger partial charge in [0.1, 0.15) is 0 Å².